The van der Waals surface area contributed by atoms with Crippen molar-refractivity contribution in [1.82, 2.24) is 9.97 Å². The fraction of sp³-hybridized carbons (Fsp3) is 0.0625. The summed E-state index contributed by atoms with van der Waals surface area (Å²) in [5.74, 6) is 0.741. The maximum absolute atomic E-state index is 8.84. The van der Waals surface area contributed by atoms with E-state index in [4.69, 9.17) is 11.0 Å². The van der Waals surface area contributed by atoms with Crippen molar-refractivity contribution in [2.24, 2.45) is 0 Å². The number of aryl methyl sites for hydroxylation is 1. The van der Waals surface area contributed by atoms with Crippen molar-refractivity contribution < 1.29 is 0 Å². The number of nitrogen functional groups attached to an aromatic ring is 1. The molecule has 0 atom stereocenters. The van der Waals surface area contributed by atoms with Gasteiger partial charge in [-0.15, -0.1) is 0 Å². The van der Waals surface area contributed by atoms with Crippen LogP contribution in [0.2, 0.25) is 0 Å². The van der Waals surface area contributed by atoms with E-state index in [0.717, 1.165) is 10.9 Å². The molecule has 0 aliphatic heterocycles. The largest absolute Gasteiger partial charge is 0.382 e. The molecule has 0 amide bonds. The molecule has 0 radical (unpaired) electrons. The molecule has 1 heterocycles. The molecule has 0 unspecified atom stereocenters. The van der Waals surface area contributed by atoms with Crippen molar-refractivity contribution in [2.75, 3.05) is 5.73 Å². The Labute approximate surface area is 116 Å². The van der Waals surface area contributed by atoms with Crippen LogP contribution in [0, 0.1) is 18.3 Å². The van der Waals surface area contributed by atoms with Crippen molar-refractivity contribution in [3.63, 3.8) is 0 Å². The van der Waals surface area contributed by atoms with Crippen LogP contribution in [0.3, 0.4) is 0 Å². The van der Waals surface area contributed by atoms with Crippen LogP contribution in [0.5, 0.6) is 0 Å². The second-order valence-corrected chi connectivity index (χ2v) is 4.67. The van der Waals surface area contributed by atoms with E-state index in [9.17, 15) is 0 Å². The van der Waals surface area contributed by atoms with Gasteiger partial charge >= 0.3 is 0 Å². The first-order chi connectivity index (χ1) is 9.67. The van der Waals surface area contributed by atoms with E-state index in [1.54, 1.807) is 0 Å². The Hall–Kier alpha value is -2.93. The summed E-state index contributed by atoms with van der Waals surface area (Å²) in [6.45, 7) is 2.07. The van der Waals surface area contributed by atoms with Gasteiger partial charge in [-0.1, -0.05) is 35.9 Å². The number of nitrogens with zero attached hydrogens (tertiary/aromatic N) is 3. The molecule has 0 saturated carbocycles. The quantitative estimate of drug-likeness (QED) is 0.729. The highest BCUT2D eigenvalue weighted by atomic mass is 14.9. The molecule has 2 N–H and O–H groups in total. The van der Waals surface area contributed by atoms with Gasteiger partial charge in [-0.3, -0.25) is 0 Å². The van der Waals surface area contributed by atoms with Crippen molar-refractivity contribution >= 4 is 16.6 Å². The van der Waals surface area contributed by atoms with E-state index in [1.807, 2.05) is 24.3 Å². The fourth-order valence-corrected chi connectivity index (χ4v) is 2.12. The summed E-state index contributed by atoms with van der Waals surface area (Å²) < 4.78 is 0. The van der Waals surface area contributed by atoms with Crippen LogP contribution < -0.4 is 5.73 Å². The van der Waals surface area contributed by atoms with Crippen LogP contribution in [-0.2, 0) is 0 Å². The van der Waals surface area contributed by atoms with Gasteiger partial charge in [-0.05, 0) is 23.8 Å². The lowest BCUT2D eigenvalue weighted by atomic mass is 10.0. The molecule has 1 aromatic heterocycles. The Morgan fingerprint density at radius 1 is 1.10 bits per heavy atom. The predicted octanol–water partition coefficient (Wildman–Crippen LogP) is 3.06. The topological polar surface area (TPSA) is 75.6 Å². The van der Waals surface area contributed by atoms with E-state index in [2.05, 4.69) is 35.1 Å². The standard InChI is InChI=1S/C16H12N4/c1-10-2-3-12-7-13(5-4-11(12)6-10)16-19-9-14(8-17)15(18)20-16/h2-7,9H,1H3,(H2,18,19,20). The Bertz CT molecular complexity index is 847. The molecule has 3 rings (SSSR count). The maximum Gasteiger partial charge on any atom is 0.161 e. The Balaban J connectivity index is 2.13. The second kappa shape index (κ2) is 4.63. The molecule has 4 heteroatoms. The van der Waals surface area contributed by atoms with Crippen LogP contribution in [0.4, 0.5) is 5.82 Å². The monoisotopic (exact) mass is 260 g/mol. The zero-order chi connectivity index (χ0) is 14.1. The Kier molecular flexibility index (Phi) is 2.81. The van der Waals surface area contributed by atoms with Crippen LogP contribution >= 0.6 is 0 Å². The van der Waals surface area contributed by atoms with E-state index < -0.39 is 0 Å². The highest BCUT2D eigenvalue weighted by Gasteiger charge is 2.06. The fourth-order valence-electron chi connectivity index (χ4n) is 2.12. The van der Waals surface area contributed by atoms with E-state index in [0.29, 0.717) is 11.4 Å². The van der Waals surface area contributed by atoms with Gasteiger partial charge in [0.2, 0.25) is 0 Å². The summed E-state index contributed by atoms with van der Waals surface area (Å²) >= 11 is 0. The maximum atomic E-state index is 8.84. The molecule has 0 saturated heterocycles. The molecule has 0 aliphatic carbocycles. The molecule has 0 spiro atoms. The van der Waals surface area contributed by atoms with Gasteiger partial charge < -0.3 is 5.73 Å². The molecule has 0 aliphatic rings. The molecule has 96 valence electrons. The number of rotatable bonds is 1. The molecule has 0 fully saturated rings. The van der Waals surface area contributed by atoms with Gasteiger partial charge in [-0.2, -0.15) is 5.26 Å². The van der Waals surface area contributed by atoms with Gasteiger partial charge in [0.25, 0.3) is 0 Å². The first-order valence-electron chi connectivity index (χ1n) is 6.21. The molecule has 4 nitrogen and oxygen atoms in total. The van der Waals surface area contributed by atoms with Crippen LogP contribution in [-0.4, -0.2) is 9.97 Å². The number of benzene rings is 2. The lowest BCUT2D eigenvalue weighted by Crippen LogP contribution is -1.98. The number of hydrogen-bond donors (Lipinski definition) is 1. The number of hydrogen-bond acceptors (Lipinski definition) is 4. The molecule has 2 aromatic carbocycles. The molecule has 20 heavy (non-hydrogen) atoms. The number of fused-ring (bicyclic) bond motifs is 1. The van der Waals surface area contributed by atoms with Crippen LogP contribution in [0.15, 0.2) is 42.6 Å². The van der Waals surface area contributed by atoms with E-state index >= 15 is 0 Å². The lowest BCUT2D eigenvalue weighted by molar-refractivity contribution is 1.17. The van der Waals surface area contributed by atoms with Gasteiger partial charge in [0.05, 0.1) is 6.20 Å². The summed E-state index contributed by atoms with van der Waals surface area (Å²) in [5.41, 5.74) is 8.14. The van der Waals surface area contributed by atoms with E-state index in [-0.39, 0.29) is 5.82 Å². The van der Waals surface area contributed by atoms with Gasteiger partial charge in [0, 0.05) is 5.56 Å². The minimum atomic E-state index is 0.210. The predicted molar refractivity (Wildman–Crippen MR) is 78.8 cm³/mol. The first kappa shape index (κ1) is 12.1. The Morgan fingerprint density at radius 3 is 2.60 bits per heavy atom. The highest BCUT2D eigenvalue weighted by molar-refractivity contribution is 5.87. The van der Waals surface area contributed by atoms with Gasteiger partial charge in [-0.25, -0.2) is 9.97 Å². The molecular weight excluding hydrogens is 248 g/mol. The minimum Gasteiger partial charge on any atom is -0.382 e. The minimum absolute atomic E-state index is 0.210. The molecular formula is C16H12N4. The van der Waals surface area contributed by atoms with Crippen molar-refractivity contribution in [3.8, 4) is 17.5 Å². The normalized spacial score (nSPS) is 10.4. The summed E-state index contributed by atoms with van der Waals surface area (Å²) in [7, 11) is 0. The third kappa shape index (κ3) is 2.06. The van der Waals surface area contributed by atoms with E-state index in [1.165, 1.54) is 17.1 Å². The smallest absolute Gasteiger partial charge is 0.161 e. The second-order valence-electron chi connectivity index (χ2n) is 4.67. The average Bonchev–Trinajstić information content (AvgIpc) is 2.46. The SMILES string of the molecule is Cc1ccc2cc(-c3ncc(C#N)c(N)n3)ccc2c1. The number of nitriles is 1. The zero-order valence-electron chi connectivity index (χ0n) is 11.0. The van der Waals surface area contributed by atoms with Gasteiger partial charge in [0.15, 0.2) is 5.82 Å². The Morgan fingerprint density at radius 2 is 1.85 bits per heavy atom. The third-order valence-electron chi connectivity index (χ3n) is 3.19. The number of anilines is 1. The van der Waals surface area contributed by atoms with Crippen LogP contribution in [0.1, 0.15) is 11.1 Å². The summed E-state index contributed by atoms with van der Waals surface area (Å²) in [6, 6.07) is 14.3. The van der Waals surface area contributed by atoms with Crippen molar-refractivity contribution in [3.05, 3.63) is 53.7 Å². The molecule has 3 aromatic rings. The third-order valence-corrected chi connectivity index (χ3v) is 3.19. The molecule has 0 bridgehead atoms. The number of nitrogens with two attached hydrogens (primary N) is 1. The van der Waals surface area contributed by atoms with Crippen molar-refractivity contribution in [1.29, 1.82) is 5.26 Å². The average molecular weight is 260 g/mol. The number of aromatic nitrogens is 2. The van der Waals surface area contributed by atoms with Crippen molar-refractivity contribution in [2.45, 2.75) is 6.92 Å². The summed E-state index contributed by atoms with van der Waals surface area (Å²) in [4.78, 5) is 8.37. The first-order valence-corrected chi connectivity index (χ1v) is 6.21. The zero-order valence-corrected chi connectivity index (χ0v) is 11.0. The lowest BCUT2D eigenvalue weighted by Gasteiger charge is -2.05. The summed E-state index contributed by atoms with van der Waals surface area (Å²) in [5, 5.41) is 11.1. The summed E-state index contributed by atoms with van der Waals surface area (Å²) in [6.07, 6.45) is 1.46. The van der Waals surface area contributed by atoms with Gasteiger partial charge in [0.1, 0.15) is 17.5 Å². The van der Waals surface area contributed by atoms with Crippen LogP contribution in [0.25, 0.3) is 22.2 Å². The highest BCUT2D eigenvalue weighted by Crippen LogP contribution is 2.23.